The van der Waals surface area contributed by atoms with Gasteiger partial charge in [0, 0.05) is 19.2 Å². The Morgan fingerprint density at radius 3 is 2.21 bits per heavy atom. The van der Waals surface area contributed by atoms with Gasteiger partial charge in [-0.15, -0.1) is 5.10 Å². The number of aryl methyl sites for hydroxylation is 1. The van der Waals surface area contributed by atoms with Crippen molar-refractivity contribution in [2.75, 3.05) is 44.9 Å². The van der Waals surface area contributed by atoms with Crippen molar-refractivity contribution in [1.82, 2.24) is 15.0 Å². The first-order valence-corrected chi connectivity index (χ1v) is 16.4. The molecular weight excluding hydrogens is 544 g/mol. The molecule has 0 aliphatic rings. The van der Waals surface area contributed by atoms with Crippen LogP contribution in [0.4, 0.5) is 0 Å². The highest BCUT2D eigenvalue weighted by Gasteiger charge is 2.23. The summed E-state index contributed by atoms with van der Waals surface area (Å²) in [6.45, 7) is 11.5. The van der Waals surface area contributed by atoms with Gasteiger partial charge in [-0.05, 0) is 50.1 Å². The number of quaternary nitrogens is 1. The van der Waals surface area contributed by atoms with Crippen LogP contribution >= 0.6 is 0 Å². The zero-order valence-corrected chi connectivity index (χ0v) is 24.8. The number of hydrogen-bond donors (Lipinski definition) is 0. The van der Waals surface area contributed by atoms with Crippen molar-refractivity contribution in [2.45, 2.75) is 46.7 Å². The minimum absolute atomic E-state index is 0.0490. The molecule has 0 fully saturated rings. The third-order valence-corrected chi connectivity index (χ3v) is 7.73. The second-order valence-corrected chi connectivity index (χ2v) is 12.4. The predicted octanol–water partition coefficient (Wildman–Crippen LogP) is 3.17. The van der Waals surface area contributed by atoms with Crippen molar-refractivity contribution in [1.29, 1.82) is 0 Å². The van der Waals surface area contributed by atoms with Crippen LogP contribution in [0, 0.1) is 0 Å². The standard InChI is InChI=1S/C25H37N4O4S.CH4O3S/c1-4-29(5-2,6-3)21-24-20-28(27-26-24)15-9-18-34(30,31)33-17-10-16-32-25-14-13-22-11-7-8-12-23(22)19-25;1-5(2,3)4/h7-8,11-14,19-20H,4-6,9-10,15-18,21H2,1-3H3;1H3,(H,2,3,4)/q+1;/p-1. The lowest BCUT2D eigenvalue weighted by Gasteiger charge is -2.34. The molecule has 0 saturated heterocycles. The maximum absolute atomic E-state index is 12.2. The number of hydrogen-bond acceptors (Lipinski definition) is 9. The molecule has 218 valence electrons. The van der Waals surface area contributed by atoms with Crippen LogP contribution in [-0.4, -0.2) is 85.7 Å². The zero-order valence-electron chi connectivity index (χ0n) is 23.2. The van der Waals surface area contributed by atoms with Crippen LogP contribution in [0.3, 0.4) is 0 Å². The van der Waals surface area contributed by atoms with Crippen LogP contribution in [0.2, 0.25) is 0 Å². The van der Waals surface area contributed by atoms with E-state index < -0.39 is 20.2 Å². The summed E-state index contributed by atoms with van der Waals surface area (Å²) in [5, 5.41) is 10.7. The zero-order chi connectivity index (χ0) is 28.9. The van der Waals surface area contributed by atoms with Gasteiger partial charge in [-0.25, -0.2) is 8.42 Å². The number of aromatic nitrogens is 3. The van der Waals surface area contributed by atoms with Crippen molar-refractivity contribution < 1.29 is 34.8 Å². The largest absolute Gasteiger partial charge is 0.748 e. The minimum atomic E-state index is -3.92. The average Bonchev–Trinajstić information content (AvgIpc) is 3.32. The van der Waals surface area contributed by atoms with E-state index in [4.69, 9.17) is 21.9 Å². The molecule has 0 unspecified atom stereocenters. The Hall–Kier alpha value is -2.58. The summed E-state index contributed by atoms with van der Waals surface area (Å²) in [4.78, 5) is 0. The van der Waals surface area contributed by atoms with E-state index in [0.717, 1.165) is 52.9 Å². The normalized spacial score (nSPS) is 12.2. The molecule has 1 heterocycles. The molecule has 3 aromatic rings. The molecule has 0 atom stereocenters. The molecule has 13 heteroatoms. The highest BCUT2D eigenvalue weighted by atomic mass is 32.2. The number of ether oxygens (including phenoxy) is 1. The maximum atomic E-state index is 12.2. The lowest BCUT2D eigenvalue weighted by atomic mass is 10.1. The van der Waals surface area contributed by atoms with E-state index in [1.807, 2.05) is 42.6 Å². The molecule has 39 heavy (non-hydrogen) atoms. The van der Waals surface area contributed by atoms with Crippen molar-refractivity contribution >= 4 is 31.0 Å². The second kappa shape index (κ2) is 15.3. The van der Waals surface area contributed by atoms with Gasteiger partial charge in [0.25, 0.3) is 10.1 Å². The molecule has 1 aromatic heterocycles. The van der Waals surface area contributed by atoms with Gasteiger partial charge in [-0.1, -0.05) is 35.5 Å². The molecule has 3 rings (SSSR count). The summed E-state index contributed by atoms with van der Waals surface area (Å²) in [5.41, 5.74) is 0.941. The first-order chi connectivity index (χ1) is 18.4. The number of benzene rings is 2. The fourth-order valence-electron chi connectivity index (χ4n) is 4.02. The summed E-state index contributed by atoms with van der Waals surface area (Å²) < 4.78 is 65.2. The topological polar surface area (TPSA) is 141 Å². The smallest absolute Gasteiger partial charge is 0.267 e. The Morgan fingerprint density at radius 2 is 1.56 bits per heavy atom. The lowest BCUT2D eigenvalue weighted by Crippen LogP contribution is -2.46. The highest BCUT2D eigenvalue weighted by Crippen LogP contribution is 2.20. The third kappa shape index (κ3) is 12.4. The maximum Gasteiger partial charge on any atom is 0.267 e. The van der Waals surface area contributed by atoms with Crippen molar-refractivity contribution in [3.63, 3.8) is 0 Å². The molecular formula is C26H40N4O7S2. The van der Waals surface area contributed by atoms with Crippen LogP contribution in [0.25, 0.3) is 10.8 Å². The molecule has 0 bridgehead atoms. The molecule has 0 radical (unpaired) electrons. The van der Waals surface area contributed by atoms with Gasteiger partial charge >= 0.3 is 0 Å². The van der Waals surface area contributed by atoms with Crippen LogP contribution < -0.4 is 4.74 Å². The first-order valence-electron chi connectivity index (χ1n) is 13.0. The molecule has 0 saturated carbocycles. The molecule has 0 spiro atoms. The van der Waals surface area contributed by atoms with Crippen LogP contribution in [0.15, 0.2) is 48.7 Å². The van der Waals surface area contributed by atoms with Gasteiger partial charge in [0.1, 0.15) is 18.0 Å². The Bertz CT molecular complexity index is 1360. The van der Waals surface area contributed by atoms with E-state index >= 15 is 0 Å². The van der Waals surface area contributed by atoms with E-state index in [-0.39, 0.29) is 12.4 Å². The molecule has 0 aliphatic heterocycles. The average molecular weight is 585 g/mol. The van der Waals surface area contributed by atoms with Crippen LogP contribution in [0.1, 0.15) is 39.3 Å². The van der Waals surface area contributed by atoms with E-state index in [2.05, 4.69) is 37.1 Å². The van der Waals surface area contributed by atoms with E-state index in [9.17, 15) is 8.42 Å². The third-order valence-electron chi connectivity index (χ3n) is 6.42. The number of nitrogens with zero attached hydrogens (tertiary/aromatic N) is 4. The van der Waals surface area contributed by atoms with Crippen molar-refractivity contribution in [3.8, 4) is 5.75 Å². The number of rotatable bonds is 15. The number of fused-ring (bicyclic) bond motifs is 1. The molecule has 2 aromatic carbocycles. The minimum Gasteiger partial charge on any atom is -0.748 e. The van der Waals surface area contributed by atoms with Gasteiger partial charge < -0.3 is 13.8 Å². The Morgan fingerprint density at radius 1 is 0.923 bits per heavy atom. The Balaban J connectivity index is 0.000000976. The quantitative estimate of drug-likeness (QED) is 0.114. The summed E-state index contributed by atoms with van der Waals surface area (Å²) in [5.74, 6) is 0.716. The summed E-state index contributed by atoms with van der Waals surface area (Å²) in [6, 6.07) is 14.0. The van der Waals surface area contributed by atoms with Gasteiger partial charge in [0.05, 0.1) is 54.9 Å². The molecule has 0 aliphatic carbocycles. The van der Waals surface area contributed by atoms with Crippen molar-refractivity contribution in [3.05, 3.63) is 54.4 Å². The second-order valence-electron chi connectivity index (χ2n) is 9.27. The predicted molar refractivity (Wildman–Crippen MR) is 150 cm³/mol. The van der Waals surface area contributed by atoms with Gasteiger partial charge in [0.15, 0.2) is 0 Å². The fourth-order valence-corrected chi connectivity index (χ4v) is 5.00. The summed E-state index contributed by atoms with van der Waals surface area (Å²) in [6.07, 6.45) is 3.44. The molecule has 11 nitrogen and oxygen atoms in total. The highest BCUT2D eigenvalue weighted by molar-refractivity contribution is 7.86. The summed E-state index contributed by atoms with van der Waals surface area (Å²) in [7, 11) is -7.50. The molecule has 0 N–H and O–H groups in total. The SMILES string of the molecule is CC[N+](CC)(CC)Cc1cn(CCCS(=O)(=O)OCCCOc2ccc3ccccc3c2)nn1.CS(=O)(=O)[O-]. The van der Waals surface area contributed by atoms with Crippen molar-refractivity contribution in [2.24, 2.45) is 0 Å². The first kappa shape index (κ1) is 32.6. The van der Waals surface area contributed by atoms with Gasteiger partial charge in [-0.2, -0.15) is 8.42 Å². The lowest BCUT2D eigenvalue weighted by molar-refractivity contribution is -0.936. The van der Waals surface area contributed by atoms with Crippen LogP contribution in [-0.2, 0) is 37.5 Å². The van der Waals surface area contributed by atoms with E-state index in [1.54, 1.807) is 4.68 Å². The van der Waals surface area contributed by atoms with Gasteiger partial charge in [-0.3, -0.25) is 8.86 Å². The van der Waals surface area contributed by atoms with Crippen LogP contribution in [0.5, 0.6) is 5.75 Å². The fraction of sp³-hybridized carbons (Fsp3) is 0.538. The van der Waals surface area contributed by atoms with E-state index in [0.29, 0.717) is 32.2 Å². The Kier molecular flexibility index (Phi) is 12.8. The molecule has 0 amide bonds. The summed E-state index contributed by atoms with van der Waals surface area (Å²) >= 11 is 0. The van der Waals surface area contributed by atoms with E-state index in [1.165, 1.54) is 0 Å². The Labute approximate surface area is 232 Å². The monoisotopic (exact) mass is 584 g/mol. The van der Waals surface area contributed by atoms with Gasteiger partial charge in [0.2, 0.25) is 0 Å².